The van der Waals surface area contributed by atoms with E-state index in [9.17, 15) is 4.79 Å². The van der Waals surface area contributed by atoms with Crippen molar-refractivity contribution in [3.8, 4) is 11.4 Å². The minimum absolute atomic E-state index is 0.0864. The van der Waals surface area contributed by atoms with Gasteiger partial charge < -0.3 is 18.7 Å². The summed E-state index contributed by atoms with van der Waals surface area (Å²) in [5, 5.41) is 4.56. The maximum atomic E-state index is 12.7. The van der Waals surface area contributed by atoms with E-state index >= 15 is 0 Å². The summed E-state index contributed by atoms with van der Waals surface area (Å²) in [5.41, 5.74) is 2.36. The van der Waals surface area contributed by atoms with Crippen molar-refractivity contribution in [2.24, 2.45) is 0 Å². The van der Waals surface area contributed by atoms with Crippen molar-refractivity contribution >= 4 is 34.6 Å². The third kappa shape index (κ3) is 4.70. The van der Waals surface area contributed by atoms with Crippen LogP contribution in [-0.4, -0.2) is 62.8 Å². The third-order valence-electron chi connectivity index (χ3n) is 5.49. The number of hydrogen-bond acceptors (Lipinski definition) is 9. The van der Waals surface area contributed by atoms with Crippen molar-refractivity contribution in [1.29, 1.82) is 0 Å². The van der Waals surface area contributed by atoms with Gasteiger partial charge >= 0.3 is 0 Å². The summed E-state index contributed by atoms with van der Waals surface area (Å²) in [6, 6.07) is 11.5. The van der Waals surface area contributed by atoms with Crippen LogP contribution < -0.4 is 4.90 Å². The number of piperazine rings is 1. The number of fused-ring (bicyclic) bond motifs is 1. The predicted molar refractivity (Wildman–Crippen MR) is 125 cm³/mol. The maximum absolute atomic E-state index is 12.7. The predicted octanol–water partition coefficient (Wildman–Crippen LogP) is 3.84. The van der Waals surface area contributed by atoms with Crippen molar-refractivity contribution < 1.29 is 13.7 Å². The Hall–Kier alpha value is -3.40. The van der Waals surface area contributed by atoms with E-state index in [0.717, 1.165) is 35.6 Å². The minimum Gasteiger partial charge on any atom is -0.431 e. The zero-order valence-electron chi connectivity index (χ0n) is 18.5. The number of benzene rings is 1. The zero-order valence-corrected chi connectivity index (χ0v) is 19.3. The van der Waals surface area contributed by atoms with Crippen LogP contribution in [0.4, 0.5) is 5.82 Å². The second-order valence-electron chi connectivity index (χ2n) is 8.12. The fourth-order valence-corrected chi connectivity index (χ4v) is 4.35. The van der Waals surface area contributed by atoms with E-state index in [1.807, 2.05) is 55.1 Å². The van der Waals surface area contributed by atoms with Crippen LogP contribution in [-0.2, 0) is 4.79 Å². The Bertz CT molecular complexity index is 1210. The summed E-state index contributed by atoms with van der Waals surface area (Å²) in [6.45, 7) is 6.78. The normalized spacial score (nSPS) is 14.4. The molecule has 1 aliphatic rings. The Balaban J connectivity index is 1.13. The van der Waals surface area contributed by atoms with Crippen molar-refractivity contribution in [3.63, 3.8) is 0 Å². The van der Waals surface area contributed by atoms with Gasteiger partial charge in [-0.2, -0.15) is 4.98 Å². The van der Waals surface area contributed by atoms with Gasteiger partial charge in [0, 0.05) is 43.9 Å². The van der Waals surface area contributed by atoms with Crippen LogP contribution in [0.15, 0.2) is 56.8 Å². The lowest BCUT2D eigenvalue weighted by Gasteiger charge is -2.35. The van der Waals surface area contributed by atoms with Crippen molar-refractivity contribution in [3.05, 3.63) is 48.5 Å². The van der Waals surface area contributed by atoms with Gasteiger partial charge in [0.1, 0.15) is 11.3 Å². The highest BCUT2D eigenvalue weighted by molar-refractivity contribution is 7.99. The van der Waals surface area contributed by atoms with E-state index in [2.05, 4.69) is 25.0 Å². The monoisotopic (exact) mass is 464 g/mol. The summed E-state index contributed by atoms with van der Waals surface area (Å²) in [5.74, 6) is 2.62. The number of amides is 1. The van der Waals surface area contributed by atoms with E-state index in [4.69, 9.17) is 8.94 Å². The van der Waals surface area contributed by atoms with Gasteiger partial charge in [-0.25, -0.2) is 9.97 Å². The van der Waals surface area contributed by atoms with Crippen molar-refractivity contribution in [2.45, 2.75) is 25.0 Å². The molecule has 0 aliphatic carbocycles. The Labute approximate surface area is 195 Å². The third-order valence-corrected chi connectivity index (χ3v) is 6.30. The Kier molecular flexibility index (Phi) is 5.99. The molecule has 1 fully saturated rings. The van der Waals surface area contributed by atoms with Crippen molar-refractivity contribution in [2.75, 3.05) is 36.8 Å². The average Bonchev–Trinajstić information content (AvgIpc) is 3.50. The minimum atomic E-state index is 0.0864. The molecule has 1 aliphatic heterocycles. The van der Waals surface area contributed by atoms with Crippen LogP contribution in [0.1, 0.15) is 25.7 Å². The number of carbonyl (C=O) groups is 1. The number of rotatable bonds is 6. The highest BCUT2D eigenvalue weighted by atomic mass is 32.2. The number of hydrogen-bond donors (Lipinski definition) is 0. The molecule has 0 N–H and O–H groups in total. The highest BCUT2D eigenvalue weighted by Gasteiger charge is 2.23. The SMILES string of the molecule is CC(C)c1nc(-c2ccc(N3CCN(C(=O)CSc4nc5ccccc5o4)CC3)nc2)no1. The van der Waals surface area contributed by atoms with Crippen LogP contribution in [0.25, 0.3) is 22.5 Å². The molecule has 3 aromatic heterocycles. The lowest BCUT2D eigenvalue weighted by atomic mass is 10.2. The fourth-order valence-electron chi connectivity index (χ4n) is 3.60. The van der Waals surface area contributed by atoms with E-state index < -0.39 is 0 Å². The number of carbonyl (C=O) groups excluding carboxylic acids is 1. The van der Waals surface area contributed by atoms with E-state index in [-0.39, 0.29) is 11.8 Å². The number of anilines is 1. The Morgan fingerprint density at radius 1 is 1.09 bits per heavy atom. The molecule has 170 valence electrons. The van der Waals surface area contributed by atoms with Crippen molar-refractivity contribution in [1.82, 2.24) is 25.0 Å². The van der Waals surface area contributed by atoms with Gasteiger partial charge in [-0.3, -0.25) is 4.79 Å². The van der Waals surface area contributed by atoms with Crippen LogP contribution >= 0.6 is 11.8 Å². The number of nitrogens with zero attached hydrogens (tertiary/aromatic N) is 6. The summed E-state index contributed by atoms with van der Waals surface area (Å²) >= 11 is 1.33. The number of pyridine rings is 1. The molecule has 33 heavy (non-hydrogen) atoms. The number of para-hydroxylation sites is 2. The molecule has 10 heteroatoms. The van der Waals surface area contributed by atoms with Gasteiger partial charge in [0.25, 0.3) is 5.22 Å². The molecule has 0 spiro atoms. The molecular formula is C23H24N6O3S. The Morgan fingerprint density at radius 3 is 2.61 bits per heavy atom. The molecule has 1 saturated heterocycles. The molecular weight excluding hydrogens is 440 g/mol. The number of thioether (sulfide) groups is 1. The molecule has 1 aromatic carbocycles. The molecule has 1 amide bonds. The lowest BCUT2D eigenvalue weighted by Crippen LogP contribution is -2.49. The smallest absolute Gasteiger partial charge is 0.257 e. The van der Waals surface area contributed by atoms with Gasteiger partial charge in [0.2, 0.25) is 17.6 Å². The number of oxazole rings is 1. The van der Waals surface area contributed by atoms with Crippen LogP contribution in [0, 0.1) is 0 Å². The first-order chi connectivity index (χ1) is 16.1. The molecule has 0 atom stereocenters. The summed E-state index contributed by atoms with van der Waals surface area (Å²) < 4.78 is 11.0. The molecule has 0 bridgehead atoms. The van der Waals surface area contributed by atoms with E-state index in [1.54, 1.807) is 6.20 Å². The second kappa shape index (κ2) is 9.22. The van der Waals surface area contributed by atoms with Gasteiger partial charge in [-0.05, 0) is 24.3 Å². The summed E-state index contributed by atoms with van der Waals surface area (Å²) in [7, 11) is 0. The van der Waals surface area contributed by atoms with Crippen LogP contribution in [0.2, 0.25) is 0 Å². The first kappa shape index (κ1) is 21.4. The molecule has 4 aromatic rings. The average molecular weight is 465 g/mol. The largest absolute Gasteiger partial charge is 0.431 e. The second-order valence-corrected chi connectivity index (χ2v) is 9.05. The van der Waals surface area contributed by atoms with E-state index in [1.165, 1.54) is 11.8 Å². The van der Waals surface area contributed by atoms with E-state index in [0.29, 0.717) is 35.8 Å². The molecule has 0 saturated carbocycles. The van der Waals surface area contributed by atoms with Gasteiger partial charge in [0.15, 0.2) is 5.58 Å². The van der Waals surface area contributed by atoms with Crippen LogP contribution in [0.5, 0.6) is 0 Å². The maximum Gasteiger partial charge on any atom is 0.257 e. The van der Waals surface area contributed by atoms with Gasteiger partial charge in [-0.1, -0.05) is 42.9 Å². The summed E-state index contributed by atoms with van der Waals surface area (Å²) in [6.07, 6.45) is 1.76. The van der Waals surface area contributed by atoms with Gasteiger partial charge in [0.05, 0.1) is 5.75 Å². The highest BCUT2D eigenvalue weighted by Crippen LogP contribution is 2.24. The lowest BCUT2D eigenvalue weighted by molar-refractivity contribution is -0.128. The first-order valence-corrected chi connectivity index (χ1v) is 11.9. The number of aromatic nitrogens is 4. The first-order valence-electron chi connectivity index (χ1n) is 10.9. The quantitative estimate of drug-likeness (QED) is 0.394. The Morgan fingerprint density at radius 2 is 1.91 bits per heavy atom. The standard InChI is InChI=1S/C23H24N6O3S/c1-15(2)22-26-21(27-32-22)16-7-8-19(24-13-16)28-9-11-29(12-10-28)20(30)14-33-23-25-17-5-3-4-6-18(17)31-23/h3-8,13,15H,9-12,14H2,1-2H3. The van der Waals surface area contributed by atoms with Crippen LogP contribution in [0.3, 0.4) is 0 Å². The molecule has 0 unspecified atom stereocenters. The fraction of sp³-hybridized carbons (Fsp3) is 0.348. The molecule has 0 radical (unpaired) electrons. The molecule has 5 rings (SSSR count). The summed E-state index contributed by atoms with van der Waals surface area (Å²) in [4.78, 5) is 30.1. The molecule has 4 heterocycles. The van der Waals surface area contributed by atoms with Gasteiger partial charge in [-0.15, -0.1) is 0 Å². The topological polar surface area (TPSA) is 101 Å². The zero-order chi connectivity index (χ0) is 22.8. The molecule has 9 nitrogen and oxygen atoms in total.